The SMILES string of the molecule is CCCNC(c1cccc(C)c1I)c1nccn1C. The van der Waals surface area contributed by atoms with Gasteiger partial charge >= 0.3 is 0 Å². The number of hydrogen-bond donors (Lipinski definition) is 1. The third kappa shape index (κ3) is 3.17. The molecule has 1 heterocycles. The monoisotopic (exact) mass is 369 g/mol. The summed E-state index contributed by atoms with van der Waals surface area (Å²) in [6, 6.07) is 6.63. The van der Waals surface area contributed by atoms with Crippen molar-refractivity contribution in [2.75, 3.05) is 6.54 Å². The van der Waals surface area contributed by atoms with Crippen LogP contribution in [0.25, 0.3) is 0 Å². The van der Waals surface area contributed by atoms with Crippen molar-refractivity contribution < 1.29 is 0 Å². The van der Waals surface area contributed by atoms with Gasteiger partial charge in [-0.15, -0.1) is 0 Å². The maximum Gasteiger partial charge on any atom is 0.130 e. The fourth-order valence-electron chi connectivity index (χ4n) is 2.18. The molecule has 0 amide bonds. The van der Waals surface area contributed by atoms with Gasteiger partial charge in [-0.2, -0.15) is 0 Å². The van der Waals surface area contributed by atoms with Gasteiger partial charge in [0.1, 0.15) is 5.82 Å². The fraction of sp³-hybridized carbons (Fsp3) is 0.400. The van der Waals surface area contributed by atoms with Crippen LogP contribution in [0.15, 0.2) is 30.6 Å². The number of nitrogens with one attached hydrogen (secondary N) is 1. The van der Waals surface area contributed by atoms with Crippen LogP contribution in [0.4, 0.5) is 0 Å². The molecule has 0 saturated heterocycles. The van der Waals surface area contributed by atoms with Gasteiger partial charge in [0.2, 0.25) is 0 Å². The summed E-state index contributed by atoms with van der Waals surface area (Å²) in [6.07, 6.45) is 4.97. The molecule has 1 N–H and O–H groups in total. The third-order valence-electron chi connectivity index (χ3n) is 3.25. The van der Waals surface area contributed by atoms with Crippen LogP contribution in [-0.4, -0.2) is 16.1 Å². The summed E-state index contributed by atoms with van der Waals surface area (Å²) in [4.78, 5) is 4.51. The molecule has 1 atom stereocenters. The van der Waals surface area contributed by atoms with Crippen molar-refractivity contribution in [1.29, 1.82) is 0 Å². The largest absolute Gasteiger partial charge is 0.336 e. The Bertz CT molecular complexity index is 548. The average molecular weight is 369 g/mol. The Hall–Kier alpha value is -0.880. The van der Waals surface area contributed by atoms with E-state index in [4.69, 9.17) is 0 Å². The van der Waals surface area contributed by atoms with Gasteiger partial charge in [0.15, 0.2) is 0 Å². The fourth-order valence-corrected chi connectivity index (χ4v) is 2.85. The standard InChI is InChI=1S/C15H20IN3/c1-4-8-17-14(15-18-9-10-19(15)3)12-7-5-6-11(2)13(12)16/h5-7,9-10,14,17H,4,8H2,1-3H3. The van der Waals surface area contributed by atoms with Gasteiger partial charge in [-0.1, -0.05) is 25.1 Å². The quantitative estimate of drug-likeness (QED) is 0.819. The zero-order chi connectivity index (χ0) is 13.8. The van der Waals surface area contributed by atoms with Crippen molar-refractivity contribution in [3.8, 4) is 0 Å². The molecule has 2 rings (SSSR count). The third-order valence-corrected chi connectivity index (χ3v) is 4.72. The Labute approximate surface area is 128 Å². The van der Waals surface area contributed by atoms with Crippen LogP contribution < -0.4 is 5.32 Å². The van der Waals surface area contributed by atoms with Crippen molar-refractivity contribution in [3.63, 3.8) is 0 Å². The van der Waals surface area contributed by atoms with E-state index in [9.17, 15) is 0 Å². The molecule has 0 aliphatic carbocycles. The van der Waals surface area contributed by atoms with Crippen LogP contribution in [0.2, 0.25) is 0 Å². The zero-order valence-electron chi connectivity index (χ0n) is 11.7. The van der Waals surface area contributed by atoms with Crippen molar-refractivity contribution in [3.05, 3.63) is 51.1 Å². The minimum atomic E-state index is 0.159. The molecule has 2 aromatic rings. The number of aryl methyl sites for hydroxylation is 2. The summed E-state index contributed by atoms with van der Waals surface area (Å²) in [5.41, 5.74) is 2.62. The molecule has 0 saturated carbocycles. The lowest BCUT2D eigenvalue weighted by atomic mass is 10.0. The van der Waals surface area contributed by atoms with E-state index < -0.39 is 0 Å². The Balaban J connectivity index is 2.43. The van der Waals surface area contributed by atoms with Crippen molar-refractivity contribution in [2.24, 2.45) is 7.05 Å². The van der Waals surface area contributed by atoms with Crippen LogP contribution in [0.5, 0.6) is 0 Å². The summed E-state index contributed by atoms with van der Waals surface area (Å²) in [6.45, 7) is 5.33. The molecule has 0 spiro atoms. The minimum Gasteiger partial charge on any atom is -0.336 e. The molecule has 19 heavy (non-hydrogen) atoms. The Kier molecular flexibility index (Phi) is 4.99. The molecule has 0 aliphatic heterocycles. The maximum atomic E-state index is 4.51. The van der Waals surface area contributed by atoms with Gasteiger partial charge in [-0.25, -0.2) is 4.98 Å². The average Bonchev–Trinajstić information content (AvgIpc) is 2.81. The van der Waals surface area contributed by atoms with Gasteiger partial charge in [-0.3, -0.25) is 0 Å². The molecule has 1 unspecified atom stereocenters. The van der Waals surface area contributed by atoms with Gasteiger partial charge in [0.25, 0.3) is 0 Å². The van der Waals surface area contributed by atoms with E-state index in [2.05, 4.69) is 69.5 Å². The summed E-state index contributed by atoms with van der Waals surface area (Å²) < 4.78 is 3.41. The predicted molar refractivity (Wildman–Crippen MR) is 87.2 cm³/mol. The second-order valence-corrected chi connectivity index (χ2v) is 5.84. The highest BCUT2D eigenvalue weighted by molar-refractivity contribution is 14.1. The second-order valence-electron chi connectivity index (χ2n) is 4.76. The molecule has 0 aliphatic rings. The lowest BCUT2D eigenvalue weighted by Crippen LogP contribution is -2.26. The molecule has 102 valence electrons. The van der Waals surface area contributed by atoms with Crippen molar-refractivity contribution in [2.45, 2.75) is 26.3 Å². The van der Waals surface area contributed by atoms with Gasteiger partial charge < -0.3 is 9.88 Å². The maximum absolute atomic E-state index is 4.51. The summed E-state index contributed by atoms with van der Waals surface area (Å²) in [5.74, 6) is 1.07. The molecule has 3 nitrogen and oxygen atoms in total. The van der Waals surface area contributed by atoms with E-state index in [0.717, 1.165) is 18.8 Å². The summed E-state index contributed by atoms with van der Waals surface area (Å²) in [7, 11) is 2.05. The molecule has 0 bridgehead atoms. The number of rotatable bonds is 5. The van der Waals surface area contributed by atoms with E-state index in [-0.39, 0.29) is 6.04 Å². The summed E-state index contributed by atoms with van der Waals surface area (Å²) >= 11 is 2.43. The highest BCUT2D eigenvalue weighted by Gasteiger charge is 2.20. The molecule has 0 fully saturated rings. The number of halogens is 1. The highest BCUT2D eigenvalue weighted by atomic mass is 127. The topological polar surface area (TPSA) is 29.9 Å². The molecular weight excluding hydrogens is 349 g/mol. The van der Waals surface area contributed by atoms with E-state index in [1.165, 1.54) is 14.7 Å². The first-order chi connectivity index (χ1) is 9.15. The number of nitrogens with zero attached hydrogens (tertiary/aromatic N) is 2. The van der Waals surface area contributed by atoms with E-state index in [1.807, 2.05) is 19.4 Å². The van der Waals surface area contributed by atoms with Crippen molar-refractivity contribution in [1.82, 2.24) is 14.9 Å². The lowest BCUT2D eigenvalue weighted by Gasteiger charge is -2.21. The van der Waals surface area contributed by atoms with Crippen LogP contribution in [-0.2, 0) is 7.05 Å². The first kappa shape index (κ1) is 14.5. The molecule has 4 heteroatoms. The number of benzene rings is 1. The van der Waals surface area contributed by atoms with Crippen LogP contribution in [0.3, 0.4) is 0 Å². The normalized spacial score (nSPS) is 12.6. The number of aromatic nitrogens is 2. The van der Waals surface area contributed by atoms with E-state index >= 15 is 0 Å². The minimum absolute atomic E-state index is 0.159. The Morgan fingerprint density at radius 2 is 2.21 bits per heavy atom. The Morgan fingerprint density at radius 1 is 1.42 bits per heavy atom. The molecular formula is C15H20IN3. The van der Waals surface area contributed by atoms with Crippen molar-refractivity contribution >= 4 is 22.6 Å². The number of imidazole rings is 1. The van der Waals surface area contributed by atoms with E-state index in [1.54, 1.807) is 0 Å². The summed E-state index contributed by atoms with van der Waals surface area (Å²) in [5, 5.41) is 3.61. The number of hydrogen-bond acceptors (Lipinski definition) is 2. The van der Waals surface area contributed by atoms with Gasteiger partial charge in [0.05, 0.1) is 6.04 Å². The molecule has 1 aromatic carbocycles. The smallest absolute Gasteiger partial charge is 0.130 e. The molecule has 1 aromatic heterocycles. The molecule has 0 radical (unpaired) electrons. The van der Waals surface area contributed by atoms with Crippen LogP contribution in [0, 0.1) is 10.5 Å². The zero-order valence-corrected chi connectivity index (χ0v) is 13.8. The second kappa shape index (κ2) is 6.52. The predicted octanol–water partition coefficient (Wildman–Crippen LogP) is 3.42. The lowest BCUT2D eigenvalue weighted by molar-refractivity contribution is 0.553. The van der Waals surface area contributed by atoms with E-state index in [0.29, 0.717) is 0 Å². The first-order valence-corrected chi connectivity index (χ1v) is 7.68. The van der Waals surface area contributed by atoms with Gasteiger partial charge in [-0.05, 0) is 53.6 Å². The highest BCUT2D eigenvalue weighted by Crippen LogP contribution is 2.27. The first-order valence-electron chi connectivity index (χ1n) is 6.60. The Morgan fingerprint density at radius 3 is 2.84 bits per heavy atom. The van der Waals surface area contributed by atoms with Crippen LogP contribution in [0.1, 0.15) is 36.3 Å². The van der Waals surface area contributed by atoms with Crippen LogP contribution >= 0.6 is 22.6 Å². The van der Waals surface area contributed by atoms with Gasteiger partial charge in [0, 0.05) is 23.0 Å².